The molecule has 3 rings (SSSR count). The van der Waals surface area contributed by atoms with Crippen LogP contribution in [0.3, 0.4) is 0 Å². The lowest BCUT2D eigenvalue weighted by Gasteiger charge is -2.04. The maximum absolute atomic E-state index is 10.9. The second-order valence-electron chi connectivity index (χ2n) is 4.40. The molecule has 0 radical (unpaired) electrons. The van der Waals surface area contributed by atoms with Gasteiger partial charge in [-0.25, -0.2) is 0 Å². The number of aromatic nitrogens is 1. The largest absolute Gasteiger partial charge is 0.291 e. The number of nitroso groups, excluding NO2 is 1. The molecular weight excluding hydrogens is 212 g/mol. The van der Waals surface area contributed by atoms with Crippen LogP contribution >= 0.6 is 0 Å². The molecule has 0 unspecified atom stereocenters. The van der Waals surface area contributed by atoms with Crippen molar-refractivity contribution in [3.63, 3.8) is 0 Å². The summed E-state index contributed by atoms with van der Waals surface area (Å²) in [5, 5.41) is 4.27. The molecule has 0 aliphatic rings. The minimum absolute atomic E-state index is 0.495. The van der Waals surface area contributed by atoms with Crippen molar-refractivity contribution in [1.29, 1.82) is 0 Å². The first kappa shape index (κ1) is 10.0. The lowest BCUT2D eigenvalue weighted by atomic mass is 10.1. The molecule has 3 aromatic rings. The zero-order valence-corrected chi connectivity index (χ0v) is 9.77. The van der Waals surface area contributed by atoms with E-state index in [1.165, 1.54) is 5.56 Å². The molecule has 84 valence electrons. The second-order valence-corrected chi connectivity index (χ2v) is 4.40. The molecule has 0 amide bonds. The SMILES string of the molecule is Cc1ccc2c(ccc3cc(C)c(N=O)n32)c1. The van der Waals surface area contributed by atoms with Crippen molar-refractivity contribution in [3.05, 3.63) is 52.4 Å². The summed E-state index contributed by atoms with van der Waals surface area (Å²) in [6.45, 7) is 3.97. The second kappa shape index (κ2) is 3.42. The van der Waals surface area contributed by atoms with Gasteiger partial charge in [-0.15, -0.1) is 4.91 Å². The van der Waals surface area contributed by atoms with Gasteiger partial charge in [0.25, 0.3) is 0 Å². The molecule has 0 N–H and O–H groups in total. The molecule has 17 heavy (non-hydrogen) atoms. The molecule has 0 atom stereocenters. The fraction of sp³-hybridized carbons (Fsp3) is 0.143. The van der Waals surface area contributed by atoms with Crippen LogP contribution in [0, 0.1) is 18.8 Å². The van der Waals surface area contributed by atoms with Gasteiger partial charge in [0, 0.05) is 5.52 Å². The summed E-state index contributed by atoms with van der Waals surface area (Å²) in [7, 11) is 0. The number of pyridine rings is 1. The van der Waals surface area contributed by atoms with E-state index in [1.54, 1.807) is 0 Å². The summed E-state index contributed by atoms with van der Waals surface area (Å²) in [4.78, 5) is 10.9. The van der Waals surface area contributed by atoms with Crippen LogP contribution in [0.1, 0.15) is 11.1 Å². The molecule has 0 spiro atoms. The smallest absolute Gasteiger partial charge is 0.185 e. The standard InChI is InChI=1S/C14H12N2O/c1-9-3-6-13-11(7-9)4-5-12-8-10(2)14(15-17)16(12)13/h3-8H,1-2H3. The Morgan fingerprint density at radius 1 is 1.06 bits per heavy atom. The number of fused-ring (bicyclic) bond motifs is 3. The Hall–Kier alpha value is -2.16. The average Bonchev–Trinajstić information content (AvgIpc) is 2.64. The van der Waals surface area contributed by atoms with Crippen LogP contribution in [0.25, 0.3) is 16.4 Å². The van der Waals surface area contributed by atoms with Crippen LogP contribution in [-0.4, -0.2) is 4.40 Å². The first-order valence-electron chi connectivity index (χ1n) is 5.55. The van der Waals surface area contributed by atoms with Crippen molar-refractivity contribution in [3.8, 4) is 0 Å². The van der Waals surface area contributed by atoms with Gasteiger partial charge < -0.3 is 0 Å². The third-order valence-corrected chi connectivity index (χ3v) is 3.13. The highest BCUT2D eigenvalue weighted by atomic mass is 16.3. The summed E-state index contributed by atoms with van der Waals surface area (Å²) < 4.78 is 1.91. The van der Waals surface area contributed by atoms with Crippen LogP contribution in [0.4, 0.5) is 5.82 Å². The monoisotopic (exact) mass is 224 g/mol. The molecule has 3 nitrogen and oxygen atoms in total. The normalized spacial score (nSPS) is 11.2. The van der Waals surface area contributed by atoms with E-state index in [0.717, 1.165) is 22.0 Å². The molecule has 1 aromatic carbocycles. The van der Waals surface area contributed by atoms with Crippen molar-refractivity contribution in [2.24, 2.45) is 5.18 Å². The fourth-order valence-corrected chi connectivity index (χ4v) is 2.32. The van der Waals surface area contributed by atoms with E-state index in [4.69, 9.17) is 0 Å². The maximum Gasteiger partial charge on any atom is 0.185 e. The fourth-order valence-electron chi connectivity index (χ4n) is 2.32. The highest BCUT2D eigenvalue weighted by molar-refractivity contribution is 5.85. The lowest BCUT2D eigenvalue weighted by molar-refractivity contribution is 1.21. The number of hydrogen-bond acceptors (Lipinski definition) is 2. The Balaban J connectivity index is 2.57. The van der Waals surface area contributed by atoms with E-state index in [9.17, 15) is 4.91 Å². The molecule has 2 aromatic heterocycles. The van der Waals surface area contributed by atoms with Gasteiger partial charge in [0.2, 0.25) is 0 Å². The van der Waals surface area contributed by atoms with Gasteiger partial charge >= 0.3 is 0 Å². The number of benzene rings is 1. The summed E-state index contributed by atoms with van der Waals surface area (Å²) in [5.41, 5.74) is 4.15. The van der Waals surface area contributed by atoms with Gasteiger partial charge in [0.05, 0.1) is 5.52 Å². The van der Waals surface area contributed by atoms with Crippen molar-refractivity contribution in [1.82, 2.24) is 4.40 Å². The molecule has 0 saturated carbocycles. The van der Waals surface area contributed by atoms with Crippen molar-refractivity contribution in [2.45, 2.75) is 13.8 Å². The van der Waals surface area contributed by atoms with Gasteiger partial charge in [0.15, 0.2) is 5.82 Å². The number of aryl methyl sites for hydroxylation is 2. The van der Waals surface area contributed by atoms with E-state index >= 15 is 0 Å². The molecule has 0 aliphatic heterocycles. The van der Waals surface area contributed by atoms with Crippen LogP contribution < -0.4 is 0 Å². The van der Waals surface area contributed by atoms with E-state index in [2.05, 4.69) is 24.2 Å². The van der Waals surface area contributed by atoms with Crippen molar-refractivity contribution >= 4 is 22.2 Å². The van der Waals surface area contributed by atoms with Gasteiger partial charge in [-0.3, -0.25) is 4.40 Å². The average molecular weight is 224 g/mol. The summed E-state index contributed by atoms with van der Waals surface area (Å²) in [5.74, 6) is 0.495. The summed E-state index contributed by atoms with van der Waals surface area (Å²) in [6.07, 6.45) is 0. The van der Waals surface area contributed by atoms with Gasteiger partial charge in [0.1, 0.15) is 0 Å². The zero-order chi connectivity index (χ0) is 12.0. The molecule has 3 heteroatoms. The van der Waals surface area contributed by atoms with Crippen LogP contribution in [0.5, 0.6) is 0 Å². The first-order chi connectivity index (χ1) is 8.20. The Bertz CT molecular complexity index is 741. The third-order valence-electron chi connectivity index (χ3n) is 3.13. The summed E-state index contributed by atoms with van der Waals surface area (Å²) >= 11 is 0. The van der Waals surface area contributed by atoms with Crippen molar-refractivity contribution < 1.29 is 0 Å². The van der Waals surface area contributed by atoms with E-state index in [-0.39, 0.29) is 0 Å². The van der Waals surface area contributed by atoms with E-state index in [0.29, 0.717) is 5.82 Å². The molecule has 0 fully saturated rings. The predicted molar refractivity (Wildman–Crippen MR) is 69.8 cm³/mol. The highest BCUT2D eigenvalue weighted by Crippen LogP contribution is 2.28. The maximum atomic E-state index is 10.9. The first-order valence-corrected chi connectivity index (χ1v) is 5.55. The van der Waals surface area contributed by atoms with Gasteiger partial charge in [-0.2, -0.15) is 0 Å². The quantitative estimate of drug-likeness (QED) is 0.573. The van der Waals surface area contributed by atoms with Crippen LogP contribution in [0.15, 0.2) is 41.6 Å². The minimum atomic E-state index is 0.495. The number of rotatable bonds is 1. The van der Waals surface area contributed by atoms with Crippen molar-refractivity contribution in [2.75, 3.05) is 0 Å². The Kier molecular flexibility index (Phi) is 2.01. The molecular formula is C14H12N2O. The lowest BCUT2D eigenvalue weighted by Crippen LogP contribution is -1.87. The minimum Gasteiger partial charge on any atom is -0.291 e. The zero-order valence-electron chi connectivity index (χ0n) is 9.77. The number of hydrogen-bond donors (Lipinski definition) is 0. The predicted octanol–water partition coefficient (Wildman–Crippen LogP) is 4.11. The van der Waals surface area contributed by atoms with E-state index < -0.39 is 0 Å². The third kappa shape index (κ3) is 1.35. The van der Waals surface area contributed by atoms with Gasteiger partial charge in [-0.1, -0.05) is 17.7 Å². The number of nitrogens with zero attached hydrogens (tertiary/aromatic N) is 2. The molecule has 0 bridgehead atoms. The molecule has 0 saturated heterocycles. The van der Waals surface area contributed by atoms with Crippen LogP contribution in [-0.2, 0) is 0 Å². The molecule has 2 heterocycles. The molecule has 0 aliphatic carbocycles. The van der Waals surface area contributed by atoms with E-state index in [1.807, 2.05) is 35.6 Å². The topological polar surface area (TPSA) is 33.8 Å². The highest BCUT2D eigenvalue weighted by Gasteiger charge is 2.09. The Morgan fingerprint density at radius 3 is 2.65 bits per heavy atom. The Morgan fingerprint density at radius 2 is 1.88 bits per heavy atom. The Labute approximate surface area is 98.7 Å². The summed E-state index contributed by atoms with van der Waals surface area (Å²) in [6, 6.07) is 12.3. The van der Waals surface area contributed by atoms with Gasteiger partial charge in [-0.05, 0) is 54.2 Å². The van der Waals surface area contributed by atoms with Crippen LogP contribution in [0.2, 0.25) is 0 Å².